The lowest BCUT2D eigenvalue weighted by Crippen LogP contribution is -2.13. The molecule has 6 nitrogen and oxygen atoms in total. The number of rotatable bonds is 7. The second-order valence-electron chi connectivity index (χ2n) is 5.79. The SMILES string of the molecule is CCOC(=O)Cc1ccccc1OCc1c(C(N)=O)oc2ccc(Br)cc12. The Morgan fingerprint density at radius 3 is 2.70 bits per heavy atom. The lowest BCUT2D eigenvalue weighted by molar-refractivity contribution is -0.142. The molecule has 0 unspecified atom stereocenters. The van der Waals surface area contributed by atoms with Crippen molar-refractivity contribution in [3.63, 3.8) is 0 Å². The first kappa shape index (κ1) is 19.0. The third-order valence-corrected chi connectivity index (χ3v) is 4.45. The van der Waals surface area contributed by atoms with E-state index in [-0.39, 0.29) is 24.8 Å². The van der Waals surface area contributed by atoms with E-state index < -0.39 is 5.91 Å². The normalized spacial score (nSPS) is 10.7. The highest BCUT2D eigenvalue weighted by Crippen LogP contribution is 2.30. The van der Waals surface area contributed by atoms with E-state index >= 15 is 0 Å². The van der Waals surface area contributed by atoms with Gasteiger partial charge in [0.1, 0.15) is 17.9 Å². The van der Waals surface area contributed by atoms with Crippen molar-refractivity contribution < 1.29 is 23.5 Å². The van der Waals surface area contributed by atoms with Crippen LogP contribution >= 0.6 is 15.9 Å². The van der Waals surface area contributed by atoms with Gasteiger partial charge in [-0.1, -0.05) is 34.1 Å². The van der Waals surface area contributed by atoms with E-state index in [1.54, 1.807) is 25.1 Å². The maximum atomic E-state index is 11.8. The number of nitrogens with two attached hydrogens (primary N) is 1. The number of amides is 1. The fourth-order valence-corrected chi connectivity index (χ4v) is 3.13. The van der Waals surface area contributed by atoms with Crippen molar-refractivity contribution in [2.24, 2.45) is 5.73 Å². The molecule has 3 rings (SSSR count). The van der Waals surface area contributed by atoms with Crippen LogP contribution in [0.1, 0.15) is 28.6 Å². The number of hydrogen-bond donors (Lipinski definition) is 1. The largest absolute Gasteiger partial charge is 0.488 e. The van der Waals surface area contributed by atoms with Gasteiger partial charge in [0.25, 0.3) is 5.91 Å². The minimum atomic E-state index is -0.666. The van der Waals surface area contributed by atoms with Crippen molar-refractivity contribution in [1.29, 1.82) is 0 Å². The minimum absolute atomic E-state index is 0.0611. The molecule has 1 heterocycles. The summed E-state index contributed by atoms with van der Waals surface area (Å²) in [6.45, 7) is 2.15. The molecule has 0 aliphatic rings. The van der Waals surface area contributed by atoms with Gasteiger partial charge in [-0.3, -0.25) is 9.59 Å². The van der Waals surface area contributed by atoms with Crippen LogP contribution in [0, 0.1) is 0 Å². The van der Waals surface area contributed by atoms with Gasteiger partial charge in [-0.25, -0.2) is 0 Å². The van der Waals surface area contributed by atoms with E-state index in [0.29, 0.717) is 29.1 Å². The molecule has 1 aromatic heterocycles. The molecule has 0 saturated heterocycles. The average molecular weight is 432 g/mol. The molecule has 0 aliphatic heterocycles. The maximum absolute atomic E-state index is 11.8. The highest BCUT2D eigenvalue weighted by atomic mass is 79.9. The van der Waals surface area contributed by atoms with Gasteiger partial charge in [0.05, 0.1) is 13.0 Å². The first-order valence-electron chi connectivity index (χ1n) is 8.36. The third kappa shape index (κ3) is 4.31. The summed E-state index contributed by atoms with van der Waals surface area (Å²) >= 11 is 3.41. The molecular formula is C20H18BrNO5. The molecule has 0 aliphatic carbocycles. The Bertz CT molecular complexity index is 995. The Balaban J connectivity index is 1.89. The van der Waals surface area contributed by atoms with Crippen LogP contribution in [0.3, 0.4) is 0 Å². The molecule has 0 spiro atoms. The lowest BCUT2D eigenvalue weighted by atomic mass is 10.1. The van der Waals surface area contributed by atoms with E-state index in [1.165, 1.54) is 0 Å². The molecule has 140 valence electrons. The zero-order valence-electron chi connectivity index (χ0n) is 14.7. The van der Waals surface area contributed by atoms with Gasteiger partial charge >= 0.3 is 5.97 Å². The molecule has 0 bridgehead atoms. The summed E-state index contributed by atoms with van der Waals surface area (Å²) in [6, 6.07) is 12.6. The number of benzene rings is 2. The van der Waals surface area contributed by atoms with Crippen LogP contribution in [0.5, 0.6) is 5.75 Å². The number of fused-ring (bicyclic) bond motifs is 1. The average Bonchev–Trinajstić information content (AvgIpc) is 2.99. The van der Waals surface area contributed by atoms with Gasteiger partial charge in [-0.2, -0.15) is 0 Å². The first-order chi connectivity index (χ1) is 13.0. The van der Waals surface area contributed by atoms with E-state index in [4.69, 9.17) is 19.6 Å². The van der Waals surface area contributed by atoms with Crippen LogP contribution in [0.4, 0.5) is 0 Å². The lowest BCUT2D eigenvalue weighted by Gasteiger charge is -2.11. The van der Waals surface area contributed by atoms with E-state index in [0.717, 1.165) is 9.86 Å². The van der Waals surface area contributed by atoms with Gasteiger partial charge in [-0.05, 0) is 31.2 Å². The number of primary amides is 1. The topological polar surface area (TPSA) is 91.8 Å². The second kappa shape index (κ2) is 8.26. The number of carbonyl (C=O) groups is 2. The first-order valence-corrected chi connectivity index (χ1v) is 9.16. The van der Waals surface area contributed by atoms with Crippen LogP contribution in [-0.4, -0.2) is 18.5 Å². The van der Waals surface area contributed by atoms with Crippen LogP contribution in [0.25, 0.3) is 11.0 Å². The van der Waals surface area contributed by atoms with E-state index in [1.807, 2.05) is 24.3 Å². The number of para-hydroxylation sites is 1. The van der Waals surface area contributed by atoms with Crippen molar-refractivity contribution in [2.45, 2.75) is 20.0 Å². The molecule has 2 aromatic carbocycles. The smallest absolute Gasteiger partial charge is 0.310 e. The van der Waals surface area contributed by atoms with Crippen molar-refractivity contribution >= 4 is 38.8 Å². The number of furan rings is 1. The summed E-state index contributed by atoms with van der Waals surface area (Å²) in [5, 5.41) is 0.737. The summed E-state index contributed by atoms with van der Waals surface area (Å²) in [5.41, 5.74) is 7.26. The van der Waals surface area contributed by atoms with Crippen LogP contribution in [0.15, 0.2) is 51.4 Å². The quantitative estimate of drug-likeness (QED) is 0.571. The van der Waals surface area contributed by atoms with Gasteiger partial charge in [0.2, 0.25) is 0 Å². The number of carbonyl (C=O) groups excluding carboxylic acids is 2. The second-order valence-corrected chi connectivity index (χ2v) is 6.71. The van der Waals surface area contributed by atoms with Crippen molar-refractivity contribution in [3.05, 3.63) is 63.8 Å². The minimum Gasteiger partial charge on any atom is -0.488 e. The van der Waals surface area contributed by atoms with Crippen molar-refractivity contribution in [2.75, 3.05) is 6.61 Å². The molecule has 2 N–H and O–H groups in total. The summed E-state index contributed by atoms with van der Waals surface area (Å²) in [4.78, 5) is 23.6. The number of halogens is 1. The Morgan fingerprint density at radius 1 is 1.19 bits per heavy atom. The Morgan fingerprint density at radius 2 is 1.96 bits per heavy atom. The predicted octanol–water partition coefficient (Wildman–Crippen LogP) is 3.98. The number of esters is 1. The van der Waals surface area contributed by atoms with E-state index in [2.05, 4.69) is 15.9 Å². The van der Waals surface area contributed by atoms with Crippen LogP contribution in [-0.2, 0) is 22.6 Å². The molecule has 27 heavy (non-hydrogen) atoms. The zero-order valence-corrected chi connectivity index (χ0v) is 16.2. The molecule has 7 heteroatoms. The van der Waals surface area contributed by atoms with Crippen LogP contribution in [0.2, 0.25) is 0 Å². The monoisotopic (exact) mass is 431 g/mol. The summed E-state index contributed by atoms with van der Waals surface area (Å²) in [5.74, 6) is -0.402. The van der Waals surface area contributed by atoms with Crippen molar-refractivity contribution in [3.8, 4) is 5.75 Å². The Labute approximate surface area is 164 Å². The van der Waals surface area contributed by atoms with Crippen LogP contribution < -0.4 is 10.5 Å². The fourth-order valence-electron chi connectivity index (χ4n) is 2.77. The third-order valence-electron chi connectivity index (χ3n) is 3.96. The zero-order chi connectivity index (χ0) is 19.4. The summed E-state index contributed by atoms with van der Waals surface area (Å²) in [7, 11) is 0. The molecule has 1 amide bonds. The fraction of sp³-hybridized carbons (Fsp3) is 0.200. The predicted molar refractivity (Wildman–Crippen MR) is 104 cm³/mol. The Hall–Kier alpha value is -2.80. The molecular weight excluding hydrogens is 414 g/mol. The van der Waals surface area contributed by atoms with E-state index in [9.17, 15) is 9.59 Å². The van der Waals surface area contributed by atoms with Gasteiger partial charge in [-0.15, -0.1) is 0 Å². The summed E-state index contributed by atoms with van der Waals surface area (Å²) in [6.07, 6.45) is 0.102. The standard InChI is InChI=1S/C20H18BrNO5/c1-2-25-18(23)9-12-5-3-4-6-16(12)26-11-15-14-10-13(21)7-8-17(14)27-19(15)20(22)24/h3-8,10H,2,9,11H2,1H3,(H2,22,24). The molecule has 0 saturated carbocycles. The van der Waals surface area contributed by atoms with Crippen molar-refractivity contribution in [1.82, 2.24) is 0 Å². The highest BCUT2D eigenvalue weighted by molar-refractivity contribution is 9.10. The maximum Gasteiger partial charge on any atom is 0.310 e. The number of ether oxygens (including phenoxy) is 2. The molecule has 3 aromatic rings. The van der Waals surface area contributed by atoms with Gasteiger partial charge < -0.3 is 19.6 Å². The molecule has 0 atom stereocenters. The highest BCUT2D eigenvalue weighted by Gasteiger charge is 2.20. The van der Waals surface area contributed by atoms with Gasteiger partial charge in [0, 0.05) is 21.0 Å². The Kier molecular flexibility index (Phi) is 5.81. The van der Waals surface area contributed by atoms with Gasteiger partial charge in [0.15, 0.2) is 5.76 Å². The number of hydrogen-bond acceptors (Lipinski definition) is 5. The molecule has 0 radical (unpaired) electrons. The molecule has 0 fully saturated rings. The summed E-state index contributed by atoms with van der Waals surface area (Å²) < 4.78 is 17.3.